The van der Waals surface area contributed by atoms with Gasteiger partial charge in [0.05, 0.1) is 6.61 Å². The molecule has 0 atom stereocenters. The maximum absolute atomic E-state index is 12.4. The SMILES string of the molecule is CCOC(=O)Cn1[nH]c(C)c(Cc2cc(Cl)cc(Cl)c2)c1=O. The van der Waals surface area contributed by atoms with Gasteiger partial charge in [-0.05, 0) is 37.6 Å². The summed E-state index contributed by atoms with van der Waals surface area (Å²) >= 11 is 11.9. The summed E-state index contributed by atoms with van der Waals surface area (Å²) in [5, 5.41) is 3.92. The number of halogens is 2. The molecular formula is C15H16Cl2N2O3. The number of aromatic nitrogens is 2. The molecule has 1 heterocycles. The Kier molecular flexibility index (Phi) is 5.32. The molecule has 0 bridgehead atoms. The van der Waals surface area contributed by atoms with Crippen LogP contribution in [-0.4, -0.2) is 22.4 Å². The van der Waals surface area contributed by atoms with E-state index < -0.39 is 5.97 Å². The number of aromatic amines is 1. The number of esters is 1. The number of hydrogen-bond donors (Lipinski definition) is 1. The zero-order valence-electron chi connectivity index (χ0n) is 12.3. The summed E-state index contributed by atoms with van der Waals surface area (Å²) in [6.07, 6.45) is 0.386. The first-order chi connectivity index (χ1) is 10.4. The van der Waals surface area contributed by atoms with Crippen LogP contribution in [0.1, 0.15) is 23.7 Å². The van der Waals surface area contributed by atoms with Crippen LogP contribution in [0.15, 0.2) is 23.0 Å². The topological polar surface area (TPSA) is 64.1 Å². The summed E-state index contributed by atoms with van der Waals surface area (Å²) in [7, 11) is 0. The lowest BCUT2D eigenvalue weighted by Crippen LogP contribution is -2.24. The van der Waals surface area contributed by atoms with E-state index in [0.717, 1.165) is 5.56 Å². The molecule has 0 unspecified atom stereocenters. The third kappa shape index (κ3) is 3.93. The van der Waals surface area contributed by atoms with Crippen molar-refractivity contribution in [2.24, 2.45) is 0 Å². The van der Waals surface area contributed by atoms with E-state index in [1.165, 1.54) is 4.68 Å². The Morgan fingerprint density at radius 1 is 1.27 bits per heavy atom. The van der Waals surface area contributed by atoms with Gasteiger partial charge in [-0.3, -0.25) is 14.7 Å². The highest BCUT2D eigenvalue weighted by Gasteiger charge is 2.14. The van der Waals surface area contributed by atoms with Crippen LogP contribution >= 0.6 is 23.2 Å². The van der Waals surface area contributed by atoms with Crippen molar-refractivity contribution in [2.45, 2.75) is 26.8 Å². The number of H-pyrrole nitrogens is 1. The van der Waals surface area contributed by atoms with Crippen molar-refractivity contribution in [3.8, 4) is 0 Å². The molecule has 1 N–H and O–H groups in total. The highest BCUT2D eigenvalue weighted by molar-refractivity contribution is 6.34. The molecule has 0 saturated carbocycles. The van der Waals surface area contributed by atoms with Crippen LogP contribution in [0.3, 0.4) is 0 Å². The van der Waals surface area contributed by atoms with Crippen molar-refractivity contribution >= 4 is 29.2 Å². The molecule has 7 heteroatoms. The molecule has 0 spiro atoms. The molecule has 2 rings (SSSR count). The molecule has 2 aromatic rings. The maximum atomic E-state index is 12.4. The van der Waals surface area contributed by atoms with Gasteiger partial charge in [-0.15, -0.1) is 0 Å². The number of aryl methyl sites for hydroxylation is 1. The third-order valence-corrected chi connectivity index (χ3v) is 3.59. The number of benzene rings is 1. The number of carbonyl (C=O) groups is 1. The Morgan fingerprint density at radius 3 is 2.50 bits per heavy atom. The normalized spacial score (nSPS) is 10.7. The van der Waals surface area contributed by atoms with Gasteiger partial charge in [0.1, 0.15) is 6.54 Å². The van der Waals surface area contributed by atoms with E-state index in [1.807, 2.05) is 0 Å². The first kappa shape index (κ1) is 16.6. The molecule has 22 heavy (non-hydrogen) atoms. The second-order valence-corrected chi connectivity index (χ2v) is 5.74. The minimum absolute atomic E-state index is 0.135. The van der Waals surface area contributed by atoms with Crippen molar-refractivity contribution in [2.75, 3.05) is 6.61 Å². The number of carbonyl (C=O) groups excluding carboxylic acids is 1. The molecule has 0 amide bonds. The minimum atomic E-state index is -0.455. The second kappa shape index (κ2) is 7.03. The van der Waals surface area contributed by atoms with Crippen LogP contribution in [0.25, 0.3) is 0 Å². The molecule has 1 aromatic carbocycles. The smallest absolute Gasteiger partial charge is 0.327 e. The van der Waals surface area contributed by atoms with Gasteiger partial charge in [0.25, 0.3) is 5.56 Å². The Hall–Kier alpha value is -1.72. The first-order valence-corrected chi connectivity index (χ1v) is 7.55. The summed E-state index contributed by atoms with van der Waals surface area (Å²) in [4.78, 5) is 23.9. The fraction of sp³-hybridized carbons (Fsp3) is 0.333. The summed E-state index contributed by atoms with van der Waals surface area (Å²) in [5.41, 5.74) is 1.86. The predicted molar refractivity (Wildman–Crippen MR) is 85.7 cm³/mol. The highest BCUT2D eigenvalue weighted by Crippen LogP contribution is 2.21. The molecular weight excluding hydrogens is 327 g/mol. The van der Waals surface area contributed by atoms with Crippen molar-refractivity contribution in [3.63, 3.8) is 0 Å². The monoisotopic (exact) mass is 342 g/mol. The van der Waals surface area contributed by atoms with Gasteiger partial charge in [-0.25, -0.2) is 4.68 Å². The number of nitrogens with one attached hydrogen (secondary N) is 1. The van der Waals surface area contributed by atoms with Gasteiger partial charge < -0.3 is 4.74 Å². The van der Waals surface area contributed by atoms with Crippen LogP contribution < -0.4 is 5.56 Å². The fourth-order valence-corrected chi connectivity index (χ4v) is 2.79. The van der Waals surface area contributed by atoms with E-state index >= 15 is 0 Å². The van der Waals surface area contributed by atoms with Crippen LogP contribution in [0, 0.1) is 6.92 Å². The second-order valence-electron chi connectivity index (χ2n) is 4.87. The molecule has 0 aliphatic carbocycles. The van der Waals surface area contributed by atoms with Crippen molar-refractivity contribution in [3.05, 3.63) is 55.4 Å². The first-order valence-electron chi connectivity index (χ1n) is 6.79. The minimum Gasteiger partial charge on any atom is -0.465 e. The Labute approximate surface area is 137 Å². The number of nitrogens with zero attached hydrogens (tertiary/aromatic N) is 1. The quantitative estimate of drug-likeness (QED) is 0.849. The molecule has 1 aromatic heterocycles. The molecule has 0 fully saturated rings. The lowest BCUT2D eigenvalue weighted by Gasteiger charge is -2.02. The fourth-order valence-electron chi connectivity index (χ4n) is 2.22. The molecule has 118 valence electrons. The van der Waals surface area contributed by atoms with Crippen LogP contribution in [0.4, 0.5) is 0 Å². The van der Waals surface area contributed by atoms with E-state index in [0.29, 0.717) is 27.7 Å². The van der Waals surface area contributed by atoms with E-state index in [4.69, 9.17) is 27.9 Å². The van der Waals surface area contributed by atoms with Gasteiger partial charge in [-0.1, -0.05) is 23.2 Å². The molecule has 5 nitrogen and oxygen atoms in total. The van der Waals surface area contributed by atoms with Crippen LogP contribution in [-0.2, 0) is 22.5 Å². The number of ether oxygens (including phenoxy) is 1. The summed E-state index contributed by atoms with van der Waals surface area (Å²) in [6, 6.07) is 5.15. The molecule has 0 radical (unpaired) electrons. The van der Waals surface area contributed by atoms with E-state index in [9.17, 15) is 9.59 Å². The largest absolute Gasteiger partial charge is 0.465 e. The predicted octanol–water partition coefficient (Wildman–Crippen LogP) is 2.95. The van der Waals surface area contributed by atoms with Gasteiger partial charge in [-0.2, -0.15) is 0 Å². The van der Waals surface area contributed by atoms with E-state index in [1.54, 1.807) is 32.0 Å². The zero-order chi connectivity index (χ0) is 16.3. The molecule has 0 aliphatic heterocycles. The van der Waals surface area contributed by atoms with E-state index in [2.05, 4.69) is 5.10 Å². The molecule has 0 saturated heterocycles. The van der Waals surface area contributed by atoms with Crippen molar-refractivity contribution in [1.82, 2.24) is 9.78 Å². The summed E-state index contributed by atoms with van der Waals surface area (Å²) in [5.74, 6) is -0.455. The number of rotatable bonds is 5. The Balaban J connectivity index is 2.27. The zero-order valence-corrected chi connectivity index (χ0v) is 13.8. The van der Waals surface area contributed by atoms with Crippen LogP contribution in [0.2, 0.25) is 10.0 Å². The Morgan fingerprint density at radius 2 is 1.91 bits per heavy atom. The van der Waals surface area contributed by atoms with Gasteiger partial charge >= 0.3 is 5.97 Å². The van der Waals surface area contributed by atoms with Crippen molar-refractivity contribution < 1.29 is 9.53 Å². The van der Waals surface area contributed by atoms with Gasteiger partial charge in [0.15, 0.2) is 0 Å². The summed E-state index contributed by atoms with van der Waals surface area (Å²) in [6.45, 7) is 3.64. The van der Waals surface area contributed by atoms with E-state index in [-0.39, 0.29) is 18.7 Å². The molecule has 0 aliphatic rings. The summed E-state index contributed by atoms with van der Waals surface area (Å²) < 4.78 is 6.09. The third-order valence-electron chi connectivity index (χ3n) is 3.15. The van der Waals surface area contributed by atoms with Crippen LogP contribution in [0.5, 0.6) is 0 Å². The van der Waals surface area contributed by atoms with Gasteiger partial charge in [0.2, 0.25) is 0 Å². The number of hydrogen-bond acceptors (Lipinski definition) is 3. The average Bonchev–Trinajstić information content (AvgIpc) is 2.65. The van der Waals surface area contributed by atoms with Crippen molar-refractivity contribution in [1.29, 1.82) is 0 Å². The standard InChI is InChI=1S/C15H16Cl2N2O3/c1-3-22-14(20)8-19-15(21)13(9(2)18-19)6-10-4-11(16)7-12(17)5-10/h4-5,7,18H,3,6,8H2,1-2H3. The lowest BCUT2D eigenvalue weighted by molar-refractivity contribution is -0.144. The average molecular weight is 343 g/mol. The lowest BCUT2D eigenvalue weighted by atomic mass is 10.1. The Bertz CT molecular complexity index is 729. The highest BCUT2D eigenvalue weighted by atomic mass is 35.5. The van der Waals surface area contributed by atoms with Gasteiger partial charge in [0, 0.05) is 27.7 Å². The maximum Gasteiger partial charge on any atom is 0.327 e.